The third kappa shape index (κ3) is 1.69. The van der Waals surface area contributed by atoms with Crippen molar-refractivity contribution in [1.82, 2.24) is 10.2 Å². The van der Waals surface area contributed by atoms with Crippen molar-refractivity contribution in [2.24, 2.45) is 0 Å². The van der Waals surface area contributed by atoms with Crippen LogP contribution in [0.3, 0.4) is 0 Å². The Bertz CT molecular complexity index is 243. The summed E-state index contributed by atoms with van der Waals surface area (Å²) in [6.07, 6.45) is 0. The highest BCUT2D eigenvalue weighted by molar-refractivity contribution is 14.1. The Morgan fingerprint density at radius 1 is 1.60 bits per heavy atom. The molecule has 0 aromatic carbocycles. The highest BCUT2D eigenvalue weighted by Crippen LogP contribution is 2.17. The van der Waals surface area contributed by atoms with E-state index in [1.165, 1.54) is 7.11 Å². The molecular formula is C5H4ClIN2O. The summed E-state index contributed by atoms with van der Waals surface area (Å²) in [7, 11) is 1.54. The molecule has 0 N–H and O–H groups in total. The topological polar surface area (TPSA) is 35.0 Å². The summed E-state index contributed by atoms with van der Waals surface area (Å²) in [5, 5.41) is 7.69. The Hall–Kier alpha value is -0.100. The maximum absolute atomic E-state index is 5.60. The van der Waals surface area contributed by atoms with Gasteiger partial charge in [0, 0.05) is 6.07 Å². The predicted octanol–water partition coefficient (Wildman–Crippen LogP) is 1.74. The summed E-state index contributed by atoms with van der Waals surface area (Å²) in [5.74, 6) is 0.480. The molecule has 0 aliphatic rings. The number of hydrogen-bond donors (Lipinski definition) is 0. The van der Waals surface area contributed by atoms with Crippen LogP contribution in [0.1, 0.15) is 0 Å². The summed E-state index contributed by atoms with van der Waals surface area (Å²) in [4.78, 5) is 0. The van der Waals surface area contributed by atoms with E-state index in [0.29, 0.717) is 11.0 Å². The van der Waals surface area contributed by atoms with E-state index in [2.05, 4.69) is 32.8 Å². The minimum absolute atomic E-state index is 0.404. The van der Waals surface area contributed by atoms with Crippen LogP contribution in [0.5, 0.6) is 5.88 Å². The molecule has 0 fully saturated rings. The van der Waals surface area contributed by atoms with Gasteiger partial charge in [0.15, 0.2) is 5.15 Å². The van der Waals surface area contributed by atoms with E-state index >= 15 is 0 Å². The third-order valence-electron chi connectivity index (χ3n) is 0.893. The second-order valence-electron chi connectivity index (χ2n) is 1.53. The number of methoxy groups -OCH3 is 1. The molecule has 1 heterocycles. The molecule has 54 valence electrons. The van der Waals surface area contributed by atoms with E-state index in [1.54, 1.807) is 6.07 Å². The molecule has 0 aliphatic heterocycles. The van der Waals surface area contributed by atoms with Crippen LogP contribution in [0.2, 0.25) is 5.15 Å². The zero-order valence-electron chi connectivity index (χ0n) is 5.14. The van der Waals surface area contributed by atoms with Crippen molar-refractivity contribution < 1.29 is 4.74 Å². The summed E-state index contributed by atoms with van der Waals surface area (Å²) in [5.41, 5.74) is 0. The highest BCUT2D eigenvalue weighted by Gasteiger charge is 2.00. The number of rotatable bonds is 1. The van der Waals surface area contributed by atoms with Gasteiger partial charge in [0.05, 0.1) is 10.7 Å². The molecule has 0 saturated heterocycles. The molecule has 0 spiro atoms. The monoisotopic (exact) mass is 270 g/mol. The largest absolute Gasteiger partial charge is 0.480 e. The maximum Gasteiger partial charge on any atom is 0.234 e. The Morgan fingerprint density at radius 3 is 2.80 bits per heavy atom. The van der Waals surface area contributed by atoms with Crippen LogP contribution in [-0.2, 0) is 0 Å². The summed E-state index contributed by atoms with van der Waals surface area (Å²) in [6.45, 7) is 0. The fourth-order valence-electron chi connectivity index (χ4n) is 0.438. The predicted molar refractivity (Wildman–Crippen MR) is 46.3 cm³/mol. The summed E-state index contributed by atoms with van der Waals surface area (Å²) in [6, 6.07) is 1.72. The second-order valence-corrected chi connectivity index (χ2v) is 3.05. The van der Waals surface area contributed by atoms with Gasteiger partial charge in [-0.05, 0) is 22.6 Å². The molecular weight excluding hydrogens is 266 g/mol. The van der Waals surface area contributed by atoms with Crippen LogP contribution < -0.4 is 4.74 Å². The number of nitrogens with zero attached hydrogens (tertiary/aromatic N) is 2. The molecule has 5 heteroatoms. The van der Waals surface area contributed by atoms with Crippen molar-refractivity contribution >= 4 is 34.2 Å². The number of hydrogen-bond acceptors (Lipinski definition) is 3. The molecule has 0 atom stereocenters. The van der Waals surface area contributed by atoms with Crippen LogP contribution in [0.25, 0.3) is 0 Å². The van der Waals surface area contributed by atoms with Gasteiger partial charge in [-0.25, -0.2) is 0 Å². The third-order valence-corrected chi connectivity index (χ3v) is 2.31. The molecule has 0 radical (unpaired) electrons. The first-order chi connectivity index (χ1) is 4.74. The molecule has 0 aliphatic carbocycles. The molecule has 1 aromatic heterocycles. The second kappa shape index (κ2) is 3.34. The lowest BCUT2D eigenvalue weighted by Gasteiger charge is -1.97. The minimum atomic E-state index is 0.404. The lowest BCUT2D eigenvalue weighted by molar-refractivity contribution is 0.391. The van der Waals surface area contributed by atoms with Crippen molar-refractivity contribution in [2.75, 3.05) is 7.11 Å². The van der Waals surface area contributed by atoms with E-state index in [0.717, 1.165) is 3.57 Å². The van der Waals surface area contributed by atoms with Gasteiger partial charge >= 0.3 is 0 Å². The van der Waals surface area contributed by atoms with E-state index in [9.17, 15) is 0 Å². The smallest absolute Gasteiger partial charge is 0.234 e. The number of halogens is 2. The summed E-state index contributed by atoms with van der Waals surface area (Å²) >= 11 is 7.66. The number of ether oxygens (including phenoxy) is 1. The first kappa shape index (κ1) is 8.00. The normalized spacial score (nSPS) is 9.50. The molecule has 0 unspecified atom stereocenters. The minimum Gasteiger partial charge on any atom is -0.480 e. The Labute approximate surface area is 76.9 Å². The van der Waals surface area contributed by atoms with E-state index in [4.69, 9.17) is 16.3 Å². The quantitative estimate of drug-likeness (QED) is 0.729. The zero-order chi connectivity index (χ0) is 7.56. The van der Waals surface area contributed by atoms with E-state index in [-0.39, 0.29) is 0 Å². The first-order valence-corrected chi connectivity index (χ1v) is 3.92. The zero-order valence-corrected chi connectivity index (χ0v) is 8.05. The highest BCUT2D eigenvalue weighted by atomic mass is 127. The van der Waals surface area contributed by atoms with Crippen molar-refractivity contribution in [2.45, 2.75) is 0 Å². The SMILES string of the molecule is COc1cc(I)c(Cl)nn1. The maximum atomic E-state index is 5.60. The van der Waals surface area contributed by atoms with Crippen molar-refractivity contribution in [3.05, 3.63) is 14.8 Å². The van der Waals surface area contributed by atoms with E-state index in [1.807, 2.05) is 0 Å². The molecule has 0 amide bonds. The van der Waals surface area contributed by atoms with Crippen LogP contribution in [0.15, 0.2) is 6.07 Å². The van der Waals surface area contributed by atoms with Gasteiger partial charge in [-0.15, -0.1) is 10.2 Å². The van der Waals surface area contributed by atoms with Gasteiger partial charge in [0.1, 0.15) is 0 Å². The van der Waals surface area contributed by atoms with E-state index < -0.39 is 0 Å². The van der Waals surface area contributed by atoms with Crippen LogP contribution in [-0.4, -0.2) is 17.3 Å². The fraction of sp³-hybridized carbons (Fsp3) is 0.200. The molecule has 0 bridgehead atoms. The van der Waals surface area contributed by atoms with Gasteiger partial charge < -0.3 is 4.74 Å². The lowest BCUT2D eigenvalue weighted by Crippen LogP contribution is -1.91. The lowest BCUT2D eigenvalue weighted by atomic mass is 10.6. The Balaban J connectivity index is 3.04. The van der Waals surface area contributed by atoms with Gasteiger partial charge in [-0.3, -0.25) is 0 Å². The van der Waals surface area contributed by atoms with Crippen molar-refractivity contribution in [1.29, 1.82) is 0 Å². The van der Waals surface area contributed by atoms with Gasteiger partial charge in [0.2, 0.25) is 5.88 Å². The fourth-order valence-corrected chi connectivity index (χ4v) is 0.904. The molecule has 1 rings (SSSR count). The van der Waals surface area contributed by atoms with Gasteiger partial charge in [-0.2, -0.15) is 0 Å². The first-order valence-electron chi connectivity index (χ1n) is 2.46. The Kier molecular flexibility index (Phi) is 2.67. The van der Waals surface area contributed by atoms with Crippen LogP contribution in [0.4, 0.5) is 0 Å². The average Bonchev–Trinajstić information content (AvgIpc) is 1.95. The summed E-state index contributed by atoms with van der Waals surface area (Å²) < 4.78 is 5.65. The Morgan fingerprint density at radius 2 is 2.30 bits per heavy atom. The number of aromatic nitrogens is 2. The molecule has 0 saturated carbocycles. The van der Waals surface area contributed by atoms with Crippen LogP contribution in [0, 0.1) is 3.57 Å². The molecule has 10 heavy (non-hydrogen) atoms. The average molecular weight is 270 g/mol. The van der Waals surface area contributed by atoms with Crippen LogP contribution >= 0.6 is 34.2 Å². The van der Waals surface area contributed by atoms with Gasteiger partial charge in [-0.1, -0.05) is 11.6 Å². The molecule has 3 nitrogen and oxygen atoms in total. The van der Waals surface area contributed by atoms with Crippen molar-refractivity contribution in [3.63, 3.8) is 0 Å². The standard InChI is InChI=1S/C5H4ClIN2O/c1-10-4-2-3(7)5(6)9-8-4/h2H,1H3. The molecule has 1 aromatic rings. The van der Waals surface area contributed by atoms with Crippen molar-refractivity contribution in [3.8, 4) is 5.88 Å². The van der Waals surface area contributed by atoms with Gasteiger partial charge in [0.25, 0.3) is 0 Å².